The first kappa shape index (κ1) is 17.1. The van der Waals surface area contributed by atoms with Gasteiger partial charge in [-0.1, -0.05) is 25.7 Å². The summed E-state index contributed by atoms with van der Waals surface area (Å²) in [6.45, 7) is 0. The fraction of sp³-hybridized carbons (Fsp3) is 0.800. The van der Waals surface area contributed by atoms with Crippen molar-refractivity contribution in [1.82, 2.24) is 0 Å². The molecule has 15 heavy (non-hydrogen) atoms. The molecule has 0 aromatic heterocycles. The quantitative estimate of drug-likeness (QED) is 0.468. The molecule has 0 radical (unpaired) electrons. The number of hydrogen-bond acceptors (Lipinski definition) is 2. The van der Waals surface area contributed by atoms with Gasteiger partial charge in [-0.15, -0.1) is 0 Å². The summed E-state index contributed by atoms with van der Waals surface area (Å²) in [6.07, 6.45) is 5.82. The van der Waals surface area contributed by atoms with Gasteiger partial charge in [-0.05, 0) is 12.8 Å². The van der Waals surface area contributed by atoms with Crippen LogP contribution in [0.3, 0.4) is 0 Å². The molecule has 0 rings (SSSR count). The van der Waals surface area contributed by atoms with Gasteiger partial charge in [-0.2, -0.15) is 0 Å². The maximum absolute atomic E-state index is 10.1. The number of hydrogen-bond donors (Lipinski definition) is 2. The molecule has 0 fully saturated rings. The third-order valence-corrected chi connectivity index (χ3v) is 2.03. The predicted molar refractivity (Wildman–Crippen MR) is 60.2 cm³/mol. The van der Waals surface area contributed by atoms with Crippen molar-refractivity contribution in [2.24, 2.45) is 0 Å². The summed E-state index contributed by atoms with van der Waals surface area (Å²) in [4.78, 5) is 20.3. The van der Waals surface area contributed by atoms with E-state index in [2.05, 4.69) is 0 Å². The van der Waals surface area contributed by atoms with E-state index in [0.717, 1.165) is 38.5 Å². The van der Waals surface area contributed by atoms with Gasteiger partial charge in [0, 0.05) is 12.8 Å². The van der Waals surface area contributed by atoms with Gasteiger partial charge in [0.15, 0.2) is 0 Å². The first-order chi connectivity index (χ1) is 6.63. The number of rotatable bonds is 9. The second-order valence-electron chi connectivity index (χ2n) is 3.41. The van der Waals surface area contributed by atoms with Crippen molar-refractivity contribution >= 4 is 35.0 Å². The molecule has 0 aromatic rings. The van der Waals surface area contributed by atoms with E-state index in [0.29, 0.717) is 0 Å². The van der Waals surface area contributed by atoms with E-state index >= 15 is 0 Å². The van der Waals surface area contributed by atoms with Crippen LogP contribution in [0.25, 0.3) is 0 Å². The minimum Gasteiger partial charge on any atom is -1.00 e. The molecule has 0 aromatic carbocycles. The van der Waals surface area contributed by atoms with Crippen LogP contribution in [-0.4, -0.2) is 45.2 Å². The van der Waals surface area contributed by atoms with Crippen LogP contribution in [0.5, 0.6) is 0 Å². The molecule has 0 atom stereocenters. The van der Waals surface area contributed by atoms with Gasteiger partial charge in [0.05, 0.1) is 0 Å². The fourth-order valence-corrected chi connectivity index (χ4v) is 1.26. The minimum absolute atomic E-state index is 0. The van der Waals surface area contributed by atoms with E-state index in [1.807, 2.05) is 0 Å². The molecule has 0 aliphatic carbocycles. The second-order valence-corrected chi connectivity index (χ2v) is 3.41. The minimum atomic E-state index is -0.740. The van der Waals surface area contributed by atoms with Gasteiger partial charge in [0.25, 0.3) is 0 Å². The van der Waals surface area contributed by atoms with Crippen LogP contribution >= 0.6 is 0 Å². The Kier molecular flexibility index (Phi) is 13.4. The van der Waals surface area contributed by atoms with Crippen LogP contribution in [-0.2, 0) is 9.59 Å². The maximum Gasteiger partial charge on any atom is 2.00 e. The van der Waals surface area contributed by atoms with Crippen LogP contribution in [0.1, 0.15) is 54.2 Å². The van der Waals surface area contributed by atoms with E-state index in [9.17, 15) is 9.59 Å². The average Bonchev–Trinajstić information content (AvgIpc) is 2.08. The molecule has 0 heterocycles. The van der Waals surface area contributed by atoms with Gasteiger partial charge in [0.2, 0.25) is 0 Å². The SMILES string of the molecule is O=C(O)CCCCCCCCC(=O)O.[H-].[H-].[Mg+2]. The number of carboxylic acids is 2. The van der Waals surface area contributed by atoms with Crippen molar-refractivity contribution in [1.29, 1.82) is 0 Å². The Labute approximate surface area is 109 Å². The van der Waals surface area contributed by atoms with Gasteiger partial charge in [-0.25, -0.2) is 0 Å². The molecule has 0 saturated heterocycles. The van der Waals surface area contributed by atoms with Crippen LogP contribution in [0.15, 0.2) is 0 Å². The topological polar surface area (TPSA) is 74.6 Å². The standard InChI is InChI=1S/C10H18O4.Mg.2H/c11-9(12)7-5-3-1-2-4-6-8-10(13)14;;;/h1-8H2,(H,11,12)(H,13,14);;;/q;+2;2*-1. The second kappa shape index (κ2) is 11.8. The number of carboxylic acid groups (broad SMARTS) is 2. The molecule has 86 valence electrons. The summed E-state index contributed by atoms with van der Waals surface area (Å²) < 4.78 is 0. The molecule has 0 bridgehead atoms. The molecule has 2 N–H and O–H groups in total. The Morgan fingerprint density at radius 1 is 0.733 bits per heavy atom. The Hall–Kier alpha value is -0.294. The molecule has 4 nitrogen and oxygen atoms in total. The van der Waals surface area contributed by atoms with Crippen molar-refractivity contribution in [3.8, 4) is 0 Å². The Bertz CT molecular complexity index is 171. The Morgan fingerprint density at radius 2 is 1.00 bits per heavy atom. The zero-order valence-corrected chi connectivity index (χ0v) is 10.5. The first-order valence-electron chi connectivity index (χ1n) is 5.06. The third kappa shape index (κ3) is 16.4. The normalized spacial score (nSPS) is 9.33. The fourth-order valence-electron chi connectivity index (χ4n) is 1.26. The number of unbranched alkanes of at least 4 members (excludes halogenated alkanes) is 5. The van der Waals surface area contributed by atoms with Crippen molar-refractivity contribution in [3.63, 3.8) is 0 Å². The van der Waals surface area contributed by atoms with Gasteiger partial charge in [0.1, 0.15) is 0 Å². The molecular weight excluding hydrogens is 208 g/mol. The van der Waals surface area contributed by atoms with Gasteiger partial charge >= 0.3 is 35.0 Å². The summed E-state index contributed by atoms with van der Waals surface area (Å²) in [6, 6.07) is 0. The summed E-state index contributed by atoms with van der Waals surface area (Å²) >= 11 is 0. The zero-order valence-electron chi connectivity index (χ0n) is 11.1. The van der Waals surface area contributed by atoms with Crippen molar-refractivity contribution in [3.05, 3.63) is 0 Å². The van der Waals surface area contributed by atoms with E-state index in [-0.39, 0.29) is 38.7 Å². The number of aliphatic carboxylic acids is 2. The summed E-state index contributed by atoms with van der Waals surface area (Å²) in [5.74, 6) is -1.48. The number of carbonyl (C=O) groups is 2. The molecule has 0 spiro atoms. The molecule has 0 unspecified atom stereocenters. The molecule has 0 aliphatic heterocycles. The van der Waals surface area contributed by atoms with E-state index < -0.39 is 11.9 Å². The predicted octanol–water partition coefficient (Wildman–Crippen LogP) is 2.12. The molecule has 5 heteroatoms. The monoisotopic (exact) mass is 228 g/mol. The van der Waals surface area contributed by atoms with Gasteiger partial charge in [-0.3, -0.25) is 9.59 Å². The molecule has 0 amide bonds. The van der Waals surface area contributed by atoms with Gasteiger partial charge < -0.3 is 13.1 Å². The van der Waals surface area contributed by atoms with Crippen LogP contribution in [0, 0.1) is 0 Å². The Balaban J connectivity index is -0.000000282. The Morgan fingerprint density at radius 3 is 1.27 bits per heavy atom. The zero-order chi connectivity index (χ0) is 10.8. The molecule has 0 saturated carbocycles. The third-order valence-electron chi connectivity index (χ3n) is 2.03. The van der Waals surface area contributed by atoms with E-state index in [1.165, 1.54) is 0 Å². The summed E-state index contributed by atoms with van der Waals surface area (Å²) in [5, 5.41) is 16.7. The van der Waals surface area contributed by atoms with E-state index in [4.69, 9.17) is 10.2 Å². The largest absolute Gasteiger partial charge is 2.00 e. The van der Waals surface area contributed by atoms with Crippen molar-refractivity contribution in [2.45, 2.75) is 51.4 Å². The van der Waals surface area contributed by atoms with Crippen molar-refractivity contribution in [2.75, 3.05) is 0 Å². The first-order valence-corrected chi connectivity index (χ1v) is 5.06. The molecular formula is C10H20MgO4. The van der Waals surface area contributed by atoms with E-state index in [1.54, 1.807) is 0 Å². The summed E-state index contributed by atoms with van der Waals surface area (Å²) in [5.41, 5.74) is 0. The van der Waals surface area contributed by atoms with Crippen LogP contribution in [0.4, 0.5) is 0 Å². The smallest absolute Gasteiger partial charge is 1.00 e. The van der Waals surface area contributed by atoms with Crippen molar-refractivity contribution < 1.29 is 22.7 Å². The summed E-state index contributed by atoms with van der Waals surface area (Å²) in [7, 11) is 0. The molecule has 0 aliphatic rings. The maximum atomic E-state index is 10.1. The van der Waals surface area contributed by atoms with Crippen LogP contribution in [0.2, 0.25) is 0 Å². The average molecular weight is 229 g/mol. The van der Waals surface area contributed by atoms with Crippen LogP contribution < -0.4 is 0 Å².